The molecule has 8 heteroatoms. The van der Waals surface area contributed by atoms with Crippen LogP contribution in [0, 0.1) is 10.1 Å². The second-order valence-corrected chi connectivity index (χ2v) is 9.63. The summed E-state index contributed by atoms with van der Waals surface area (Å²) < 4.78 is 1.44. The predicted molar refractivity (Wildman–Crippen MR) is 118 cm³/mol. The number of nitro groups is 1. The third kappa shape index (κ3) is 4.87. The number of aromatic nitrogens is 2. The molecular formula is C22H32N5O3+. The summed E-state index contributed by atoms with van der Waals surface area (Å²) in [4.78, 5) is 28.4. The molecule has 1 saturated heterocycles. The van der Waals surface area contributed by atoms with E-state index in [4.69, 9.17) is 4.99 Å². The number of benzene rings is 1. The van der Waals surface area contributed by atoms with Gasteiger partial charge in [0.15, 0.2) is 0 Å². The number of quaternary nitrogens is 1. The van der Waals surface area contributed by atoms with Gasteiger partial charge in [0, 0.05) is 36.9 Å². The van der Waals surface area contributed by atoms with E-state index >= 15 is 0 Å². The molecule has 0 saturated carbocycles. The molecule has 0 bridgehead atoms. The van der Waals surface area contributed by atoms with E-state index in [0.29, 0.717) is 11.3 Å². The summed E-state index contributed by atoms with van der Waals surface area (Å²) in [5, 5.41) is 16.5. The van der Waals surface area contributed by atoms with Gasteiger partial charge in [-0.25, -0.2) is 4.68 Å². The zero-order valence-corrected chi connectivity index (χ0v) is 18.4. The summed E-state index contributed by atoms with van der Waals surface area (Å²) >= 11 is 0. The molecule has 0 amide bonds. The minimum absolute atomic E-state index is 0.00625. The molecule has 2 heterocycles. The van der Waals surface area contributed by atoms with Crippen LogP contribution in [-0.4, -0.2) is 38.0 Å². The fourth-order valence-corrected chi connectivity index (χ4v) is 4.72. The molecule has 30 heavy (non-hydrogen) atoms. The third-order valence-electron chi connectivity index (χ3n) is 5.54. The molecular weight excluding hydrogens is 382 g/mol. The summed E-state index contributed by atoms with van der Waals surface area (Å²) in [6, 6.07) is 6.12. The second kappa shape index (κ2) is 8.18. The summed E-state index contributed by atoms with van der Waals surface area (Å²) in [7, 11) is 0. The molecule has 1 aromatic carbocycles. The number of rotatable bonds is 6. The van der Waals surface area contributed by atoms with Crippen LogP contribution in [0.15, 0.2) is 34.1 Å². The van der Waals surface area contributed by atoms with Crippen LogP contribution in [0.1, 0.15) is 65.1 Å². The molecule has 0 unspecified atom stereocenters. The van der Waals surface area contributed by atoms with Gasteiger partial charge in [-0.1, -0.05) is 13.3 Å². The fraction of sp³-hybridized carbons (Fsp3) is 0.545. The number of hydrogen-bond acceptors (Lipinski definition) is 4. The number of piperidine rings is 1. The van der Waals surface area contributed by atoms with Gasteiger partial charge in [-0.2, -0.15) is 0 Å². The molecule has 0 aliphatic carbocycles. The molecule has 1 aliphatic heterocycles. The van der Waals surface area contributed by atoms with Crippen LogP contribution in [0.3, 0.4) is 0 Å². The normalized spacial score (nSPS) is 18.7. The maximum absolute atomic E-state index is 13.1. The van der Waals surface area contributed by atoms with E-state index in [-0.39, 0.29) is 28.4 Å². The van der Waals surface area contributed by atoms with Crippen molar-refractivity contribution in [3.05, 3.63) is 56.0 Å². The number of nitrogens with zero attached hydrogens (tertiary/aromatic N) is 3. The molecule has 0 atom stereocenters. The van der Waals surface area contributed by atoms with Crippen LogP contribution < -0.4 is 10.9 Å². The van der Waals surface area contributed by atoms with Gasteiger partial charge in [-0.05, 0) is 46.2 Å². The van der Waals surface area contributed by atoms with E-state index in [0.717, 1.165) is 31.4 Å². The number of aromatic amines is 1. The number of aryl methyl sites for hydroxylation is 1. The monoisotopic (exact) mass is 414 g/mol. The Labute approximate surface area is 176 Å². The lowest BCUT2D eigenvalue weighted by atomic mass is 9.80. The lowest BCUT2D eigenvalue weighted by molar-refractivity contribution is -0.787. The van der Waals surface area contributed by atoms with Crippen LogP contribution in [0.25, 0.3) is 5.69 Å². The van der Waals surface area contributed by atoms with E-state index in [2.05, 4.69) is 45.0 Å². The largest absolute Gasteiger partial charge is 0.337 e. The van der Waals surface area contributed by atoms with E-state index in [1.54, 1.807) is 18.3 Å². The van der Waals surface area contributed by atoms with Crippen molar-refractivity contribution in [2.45, 2.75) is 77.4 Å². The Hall–Kier alpha value is -2.74. The zero-order chi connectivity index (χ0) is 22.1. The predicted octanol–water partition coefficient (Wildman–Crippen LogP) is 2.73. The van der Waals surface area contributed by atoms with E-state index in [1.807, 2.05) is 0 Å². The molecule has 0 spiro atoms. The Balaban J connectivity index is 1.93. The Morgan fingerprint density at radius 2 is 1.83 bits per heavy atom. The standard InChI is InChI=1S/C22H31N5O3/c1-6-7-19-18(14-23-15-12-21(2,3)25-22(4,5)13-15)20(28)26(24-19)16-8-10-17(11-9-16)27(29)30/h8-11,14-15,24-25H,6-7,12-13H2,1-5H3/p+1. The van der Waals surface area contributed by atoms with Crippen LogP contribution in [0.5, 0.6) is 0 Å². The Bertz CT molecular complexity index is 983. The highest BCUT2D eigenvalue weighted by Gasteiger charge is 2.41. The Morgan fingerprint density at radius 1 is 1.23 bits per heavy atom. The topological polar surface area (TPSA) is 110 Å². The first kappa shape index (κ1) is 22.0. The number of H-pyrrole nitrogens is 1. The van der Waals surface area contributed by atoms with Crippen molar-refractivity contribution in [3.8, 4) is 5.69 Å². The number of nitro benzene ring substituents is 1. The summed E-state index contributed by atoms with van der Waals surface area (Å²) in [6.45, 7) is 11.0. The molecule has 2 aromatic rings. The van der Waals surface area contributed by atoms with Crippen LogP contribution in [-0.2, 0) is 6.42 Å². The smallest absolute Gasteiger partial charge is 0.280 e. The first-order valence-corrected chi connectivity index (χ1v) is 10.5. The Kier molecular flexibility index (Phi) is 5.99. The van der Waals surface area contributed by atoms with Crippen molar-refractivity contribution in [2.75, 3.05) is 0 Å². The van der Waals surface area contributed by atoms with Crippen molar-refractivity contribution in [2.24, 2.45) is 4.99 Å². The average Bonchev–Trinajstić information content (AvgIpc) is 2.93. The molecule has 8 nitrogen and oxygen atoms in total. The van der Waals surface area contributed by atoms with Gasteiger partial charge in [-0.3, -0.25) is 25.0 Å². The lowest BCUT2D eigenvalue weighted by Gasteiger charge is -2.41. The highest BCUT2D eigenvalue weighted by molar-refractivity contribution is 5.81. The van der Waals surface area contributed by atoms with Crippen molar-refractivity contribution >= 4 is 11.9 Å². The van der Waals surface area contributed by atoms with Gasteiger partial charge in [0.2, 0.25) is 0 Å². The SMILES string of the molecule is CCCc1[nH]n(-c2ccc([N+](=O)[O-])cc2)c(=O)c1C=NC1CC(C)(C)[NH2+]C(C)(C)C1. The number of nitrogens with two attached hydrogens (primary N) is 1. The molecule has 0 radical (unpaired) electrons. The number of nitrogens with one attached hydrogen (secondary N) is 1. The van der Waals surface area contributed by atoms with Gasteiger partial charge in [-0.15, -0.1) is 0 Å². The molecule has 162 valence electrons. The fourth-order valence-electron chi connectivity index (χ4n) is 4.72. The Morgan fingerprint density at radius 3 is 2.37 bits per heavy atom. The summed E-state index contributed by atoms with van der Waals surface area (Å²) in [5.41, 5.74) is 1.99. The molecule has 3 N–H and O–H groups in total. The van der Waals surface area contributed by atoms with Crippen LogP contribution in [0.4, 0.5) is 5.69 Å². The van der Waals surface area contributed by atoms with Crippen LogP contribution >= 0.6 is 0 Å². The molecule has 1 aromatic heterocycles. The van der Waals surface area contributed by atoms with Gasteiger partial charge in [0.25, 0.3) is 11.2 Å². The van der Waals surface area contributed by atoms with Gasteiger partial charge in [0.05, 0.1) is 33.3 Å². The molecule has 3 rings (SSSR count). The number of aliphatic imine (C=N–C) groups is 1. The molecule has 1 aliphatic rings. The lowest BCUT2D eigenvalue weighted by Crippen LogP contribution is -3.05. The summed E-state index contributed by atoms with van der Waals surface area (Å²) in [5.74, 6) is 0. The first-order valence-electron chi connectivity index (χ1n) is 10.5. The third-order valence-corrected chi connectivity index (χ3v) is 5.54. The van der Waals surface area contributed by atoms with Gasteiger partial charge < -0.3 is 5.32 Å². The van der Waals surface area contributed by atoms with E-state index in [9.17, 15) is 14.9 Å². The van der Waals surface area contributed by atoms with Crippen molar-refractivity contribution in [1.82, 2.24) is 9.78 Å². The van der Waals surface area contributed by atoms with E-state index in [1.165, 1.54) is 16.8 Å². The minimum atomic E-state index is -0.452. The zero-order valence-electron chi connectivity index (χ0n) is 18.4. The highest BCUT2D eigenvalue weighted by Crippen LogP contribution is 2.24. The van der Waals surface area contributed by atoms with Gasteiger partial charge in [0.1, 0.15) is 0 Å². The maximum atomic E-state index is 13.1. The number of non-ortho nitro benzene ring substituents is 1. The number of hydrogen-bond donors (Lipinski definition) is 2. The van der Waals surface area contributed by atoms with Crippen LogP contribution in [0.2, 0.25) is 0 Å². The maximum Gasteiger partial charge on any atom is 0.280 e. The van der Waals surface area contributed by atoms with Crippen molar-refractivity contribution in [3.63, 3.8) is 0 Å². The average molecular weight is 415 g/mol. The quantitative estimate of drug-likeness (QED) is 0.431. The second-order valence-electron chi connectivity index (χ2n) is 9.63. The highest BCUT2D eigenvalue weighted by atomic mass is 16.6. The van der Waals surface area contributed by atoms with Gasteiger partial charge >= 0.3 is 0 Å². The minimum Gasteiger partial charge on any atom is -0.337 e. The summed E-state index contributed by atoms with van der Waals surface area (Å²) in [6.07, 6.45) is 5.26. The molecule has 1 fully saturated rings. The first-order chi connectivity index (χ1) is 14.0. The van der Waals surface area contributed by atoms with Crippen molar-refractivity contribution < 1.29 is 10.2 Å². The van der Waals surface area contributed by atoms with Crippen molar-refractivity contribution in [1.29, 1.82) is 0 Å². The van der Waals surface area contributed by atoms with E-state index < -0.39 is 4.92 Å².